The van der Waals surface area contributed by atoms with Crippen molar-refractivity contribution in [3.05, 3.63) is 23.9 Å². The smallest absolute Gasteiger partial charge is 0.213 e. The van der Waals surface area contributed by atoms with Gasteiger partial charge in [0.15, 0.2) is 5.78 Å². The molecule has 0 N–H and O–H groups in total. The van der Waals surface area contributed by atoms with Crippen LogP contribution in [0.2, 0.25) is 0 Å². The lowest BCUT2D eigenvalue weighted by Crippen LogP contribution is -2.12. The summed E-state index contributed by atoms with van der Waals surface area (Å²) in [6, 6.07) is 3.48. The zero-order valence-corrected chi connectivity index (χ0v) is 9.49. The number of hydrogen-bond donors (Lipinski definition) is 0. The van der Waals surface area contributed by atoms with E-state index in [-0.39, 0.29) is 11.9 Å². The van der Waals surface area contributed by atoms with Crippen LogP contribution in [0.15, 0.2) is 18.3 Å². The molecule has 1 rings (SSSR count). The summed E-state index contributed by atoms with van der Waals surface area (Å²) in [5.41, 5.74) is 0.616. The number of Topliss-reactive ketones (excluding diaryl/α,β-unsaturated/α-hetero) is 1. The predicted octanol–water partition coefficient (Wildman–Crippen LogP) is 2.85. The van der Waals surface area contributed by atoms with Gasteiger partial charge in [0.1, 0.15) is 0 Å². The van der Waals surface area contributed by atoms with Crippen LogP contribution in [-0.2, 0) is 0 Å². The summed E-state index contributed by atoms with van der Waals surface area (Å²) in [5, 5.41) is 0. The van der Waals surface area contributed by atoms with Crippen molar-refractivity contribution in [2.24, 2.45) is 0 Å². The van der Waals surface area contributed by atoms with Crippen molar-refractivity contribution >= 4 is 5.78 Å². The minimum atomic E-state index is 0.0238. The van der Waals surface area contributed by atoms with Gasteiger partial charge >= 0.3 is 0 Å². The summed E-state index contributed by atoms with van der Waals surface area (Å²) < 4.78 is 5.57. The first-order chi connectivity index (χ1) is 7.13. The Kier molecular flexibility index (Phi) is 4.28. The van der Waals surface area contributed by atoms with E-state index in [9.17, 15) is 4.79 Å². The molecule has 0 aliphatic rings. The molecule has 3 heteroatoms. The summed E-state index contributed by atoms with van der Waals surface area (Å²) in [6.45, 7) is 5.66. The molecule has 0 radical (unpaired) electrons. The zero-order chi connectivity index (χ0) is 11.3. The van der Waals surface area contributed by atoms with E-state index in [4.69, 9.17) is 4.74 Å². The third kappa shape index (κ3) is 3.70. The first-order valence-corrected chi connectivity index (χ1v) is 5.27. The van der Waals surface area contributed by atoms with Gasteiger partial charge in [-0.25, -0.2) is 4.98 Å². The molecule has 0 fully saturated rings. The second-order valence-corrected chi connectivity index (χ2v) is 3.66. The van der Waals surface area contributed by atoms with Crippen LogP contribution in [-0.4, -0.2) is 16.9 Å². The quantitative estimate of drug-likeness (QED) is 0.697. The predicted molar refractivity (Wildman–Crippen MR) is 59.2 cm³/mol. The minimum Gasteiger partial charge on any atom is -0.475 e. The maximum atomic E-state index is 11.0. The van der Waals surface area contributed by atoms with Gasteiger partial charge in [0.2, 0.25) is 5.88 Å². The number of hydrogen-bond acceptors (Lipinski definition) is 3. The van der Waals surface area contributed by atoms with Crippen molar-refractivity contribution in [2.45, 2.75) is 39.7 Å². The van der Waals surface area contributed by atoms with Crippen LogP contribution in [0.1, 0.15) is 44.0 Å². The molecule has 1 atom stereocenters. The fraction of sp³-hybridized carbons (Fsp3) is 0.500. The van der Waals surface area contributed by atoms with Gasteiger partial charge in [-0.1, -0.05) is 13.3 Å². The van der Waals surface area contributed by atoms with Crippen LogP contribution in [0.25, 0.3) is 0 Å². The summed E-state index contributed by atoms with van der Waals surface area (Å²) in [7, 11) is 0. The Labute approximate surface area is 90.5 Å². The molecule has 82 valence electrons. The van der Waals surface area contributed by atoms with Crippen molar-refractivity contribution < 1.29 is 9.53 Å². The fourth-order valence-corrected chi connectivity index (χ4v) is 1.33. The normalized spacial score (nSPS) is 12.2. The molecule has 0 spiro atoms. The Balaban J connectivity index is 2.60. The van der Waals surface area contributed by atoms with Crippen molar-refractivity contribution in [2.75, 3.05) is 0 Å². The van der Waals surface area contributed by atoms with Crippen LogP contribution in [0.4, 0.5) is 0 Å². The second-order valence-electron chi connectivity index (χ2n) is 3.66. The van der Waals surface area contributed by atoms with Crippen LogP contribution < -0.4 is 4.74 Å². The highest BCUT2D eigenvalue weighted by atomic mass is 16.5. The highest BCUT2D eigenvalue weighted by Crippen LogP contribution is 2.11. The molecule has 1 heterocycles. The number of rotatable bonds is 5. The van der Waals surface area contributed by atoms with Gasteiger partial charge in [-0.05, 0) is 26.3 Å². The number of ether oxygens (including phenoxy) is 1. The van der Waals surface area contributed by atoms with Crippen LogP contribution in [0.5, 0.6) is 5.88 Å². The van der Waals surface area contributed by atoms with Crippen LogP contribution in [0.3, 0.4) is 0 Å². The summed E-state index contributed by atoms with van der Waals surface area (Å²) >= 11 is 0. The summed E-state index contributed by atoms with van der Waals surface area (Å²) in [4.78, 5) is 15.1. The molecule has 1 aromatic rings. The molecule has 0 saturated carbocycles. The Morgan fingerprint density at radius 1 is 1.53 bits per heavy atom. The molecule has 0 bridgehead atoms. The summed E-state index contributed by atoms with van der Waals surface area (Å²) in [5.74, 6) is 0.608. The molecule has 1 aromatic heterocycles. The third-order valence-corrected chi connectivity index (χ3v) is 2.16. The lowest BCUT2D eigenvalue weighted by atomic mass is 10.2. The largest absolute Gasteiger partial charge is 0.475 e. The first-order valence-electron chi connectivity index (χ1n) is 5.27. The van der Waals surface area contributed by atoms with Crippen LogP contribution >= 0.6 is 0 Å². The van der Waals surface area contributed by atoms with Gasteiger partial charge in [-0.2, -0.15) is 0 Å². The van der Waals surface area contributed by atoms with Gasteiger partial charge in [0, 0.05) is 17.8 Å². The molecular weight excluding hydrogens is 190 g/mol. The number of aromatic nitrogens is 1. The van der Waals surface area contributed by atoms with Gasteiger partial charge < -0.3 is 4.74 Å². The van der Waals surface area contributed by atoms with Crippen molar-refractivity contribution in [1.82, 2.24) is 4.98 Å². The Morgan fingerprint density at radius 3 is 2.73 bits per heavy atom. The van der Waals surface area contributed by atoms with E-state index < -0.39 is 0 Å². The van der Waals surface area contributed by atoms with E-state index in [2.05, 4.69) is 11.9 Å². The average molecular weight is 207 g/mol. The highest BCUT2D eigenvalue weighted by Gasteiger charge is 2.04. The van der Waals surface area contributed by atoms with Gasteiger partial charge in [-0.15, -0.1) is 0 Å². The Bertz CT molecular complexity index is 319. The number of ketones is 1. The molecule has 1 unspecified atom stereocenters. The molecular formula is C12H17NO2. The van der Waals surface area contributed by atoms with E-state index in [0.29, 0.717) is 11.4 Å². The molecule has 0 aliphatic carbocycles. The topological polar surface area (TPSA) is 39.2 Å². The lowest BCUT2D eigenvalue weighted by molar-refractivity contribution is 0.101. The van der Waals surface area contributed by atoms with E-state index in [0.717, 1.165) is 12.8 Å². The maximum Gasteiger partial charge on any atom is 0.213 e. The molecule has 3 nitrogen and oxygen atoms in total. The number of pyridine rings is 1. The SMILES string of the molecule is CCCC(C)Oc1ccc(C(C)=O)cn1. The maximum absolute atomic E-state index is 11.0. The van der Waals surface area contributed by atoms with E-state index in [1.807, 2.05) is 6.92 Å². The number of nitrogens with zero attached hydrogens (tertiary/aromatic N) is 1. The Hall–Kier alpha value is -1.38. The first kappa shape index (κ1) is 11.7. The summed E-state index contributed by atoms with van der Waals surface area (Å²) in [6.07, 6.45) is 3.82. The minimum absolute atomic E-state index is 0.0238. The number of carbonyl (C=O) groups excluding carboxylic acids is 1. The molecule has 0 aliphatic heterocycles. The second kappa shape index (κ2) is 5.49. The molecule has 0 aromatic carbocycles. The molecule has 0 amide bonds. The van der Waals surface area contributed by atoms with E-state index in [1.165, 1.54) is 6.92 Å². The Morgan fingerprint density at radius 2 is 2.27 bits per heavy atom. The molecule has 15 heavy (non-hydrogen) atoms. The van der Waals surface area contributed by atoms with Gasteiger partial charge in [0.25, 0.3) is 0 Å². The van der Waals surface area contributed by atoms with Crippen molar-refractivity contribution in [1.29, 1.82) is 0 Å². The molecule has 0 saturated heterocycles. The van der Waals surface area contributed by atoms with E-state index in [1.54, 1.807) is 18.3 Å². The van der Waals surface area contributed by atoms with Gasteiger partial charge in [0.05, 0.1) is 6.10 Å². The standard InChI is InChI=1S/C12H17NO2/c1-4-5-9(2)15-12-7-6-11(8-13-12)10(3)14/h6-9H,4-5H2,1-3H3. The lowest BCUT2D eigenvalue weighted by Gasteiger charge is -2.12. The fourth-order valence-electron chi connectivity index (χ4n) is 1.33. The zero-order valence-electron chi connectivity index (χ0n) is 9.49. The van der Waals surface area contributed by atoms with E-state index >= 15 is 0 Å². The number of carbonyl (C=O) groups is 1. The third-order valence-electron chi connectivity index (χ3n) is 2.16. The highest BCUT2D eigenvalue weighted by molar-refractivity contribution is 5.93. The monoisotopic (exact) mass is 207 g/mol. The van der Waals surface area contributed by atoms with Crippen LogP contribution in [0, 0.1) is 0 Å². The average Bonchev–Trinajstić information content (AvgIpc) is 2.18. The van der Waals surface area contributed by atoms with Gasteiger partial charge in [-0.3, -0.25) is 4.79 Å². The van der Waals surface area contributed by atoms with Crippen molar-refractivity contribution in [3.63, 3.8) is 0 Å². The van der Waals surface area contributed by atoms with Crippen molar-refractivity contribution in [3.8, 4) is 5.88 Å².